The van der Waals surface area contributed by atoms with E-state index in [1.807, 2.05) is 6.82 Å². The molecule has 4 unspecified atom stereocenters. The molecule has 14 heavy (non-hydrogen) atoms. The van der Waals surface area contributed by atoms with Gasteiger partial charge in [0.15, 0.2) is 0 Å². The monoisotopic (exact) mass is 195 g/mol. The van der Waals surface area contributed by atoms with Gasteiger partial charge in [-0.25, -0.2) is 0 Å². The first-order chi connectivity index (χ1) is 6.70. The molecule has 3 aliphatic rings. The van der Waals surface area contributed by atoms with E-state index in [0.29, 0.717) is 18.2 Å². The van der Waals surface area contributed by atoms with Gasteiger partial charge in [0, 0.05) is 11.6 Å². The van der Waals surface area contributed by atoms with Crippen molar-refractivity contribution in [2.45, 2.75) is 63.2 Å². The number of fused-ring (bicyclic) bond motifs is 5. The number of epoxide rings is 1. The van der Waals surface area contributed by atoms with Crippen molar-refractivity contribution in [2.75, 3.05) is 0 Å². The molecule has 3 heterocycles. The zero-order chi connectivity index (χ0) is 9.92. The van der Waals surface area contributed by atoms with Crippen molar-refractivity contribution in [1.82, 2.24) is 4.81 Å². The first-order valence-corrected chi connectivity index (χ1v) is 5.82. The molecule has 3 rings (SSSR count). The third-order valence-electron chi connectivity index (χ3n) is 4.26. The molecule has 3 nitrogen and oxygen atoms in total. The van der Waals surface area contributed by atoms with Crippen molar-refractivity contribution in [3.63, 3.8) is 0 Å². The van der Waals surface area contributed by atoms with Gasteiger partial charge in [-0.15, -0.1) is 0 Å². The second-order valence-electron chi connectivity index (χ2n) is 5.02. The Hall–Kier alpha value is -0.0551. The topological polar surface area (TPSA) is 36.0 Å². The van der Waals surface area contributed by atoms with Crippen LogP contribution in [0.5, 0.6) is 0 Å². The molecule has 3 aliphatic heterocycles. The zero-order valence-corrected chi connectivity index (χ0v) is 8.94. The van der Waals surface area contributed by atoms with Crippen LogP contribution < -0.4 is 0 Å². The molecule has 0 aliphatic carbocycles. The Morgan fingerprint density at radius 1 is 1.64 bits per heavy atom. The second-order valence-corrected chi connectivity index (χ2v) is 5.02. The lowest BCUT2D eigenvalue weighted by Crippen LogP contribution is -2.53. The van der Waals surface area contributed by atoms with E-state index in [-0.39, 0.29) is 12.6 Å². The molecule has 0 aromatic rings. The highest BCUT2D eigenvalue weighted by molar-refractivity contribution is 6.45. The van der Waals surface area contributed by atoms with Crippen molar-refractivity contribution in [1.29, 1.82) is 0 Å². The Morgan fingerprint density at radius 3 is 3.07 bits per heavy atom. The molecule has 3 fully saturated rings. The SMILES string of the molecule is CCCC12CCC(C3OC31)N2B(C)O. The summed E-state index contributed by atoms with van der Waals surface area (Å²) < 4.78 is 5.72. The molecular formula is C10H18BNO2. The van der Waals surface area contributed by atoms with Crippen molar-refractivity contribution in [3.8, 4) is 0 Å². The average Bonchev–Trinajstić information content (AvgIpc) is 2.80. The van der Waals surface area contributed by atoms with Gasteiger partial charge in [-0.3, -0.25) is 0 Å². The second kappa shape index (κ2) is 2.74. The molecule has 0 spiro atoms. The predicted octanol–water partition coefficient (Wildman–Crippen LogP) is 0.881. The summed E-state index contributed by atoms with van der Waals surface area (Å²) in [5.74, 6) is 0. The standard InChI is InChI=1S/C10H18BNO2/c1-3-5-10-6-4-7(8-9(10)14-8)12(10)11(2)13/h7-9,13H,3-6H2,1-2H3. The summed E-state index contributed by atoms with van der Waals surface area (Å²) in [6.07, 6.45) is 5.68. The van der Waals surface area contributed by atoms with E-state index in [2.05, 4.69) is 11.7 Å². The van der Waals surface area contributed by atoms with Crippen LogP contribution in [0.1, 0.15) is 32.6 Å². The van der Waals surface area contributed by atoms with Crippen LogP contribution in [0.3, 0.4) is 0 Å². The minimum atomic E-state index is -0.301. The summed E-state index contributed by atoms with van der Waals surface area (Å²) in [6.45, 7) is 4.12. The van der Waals surface area contributed by atoms with Crippen molar-refractivity contribution < 1.29 is 9.76 Å². The molecule has 4 atom stereocenters. The number of rotatable bonds is 3. The van der Waals surface area contributed by atoms with Crippen LogP contribution in [-0.2, 0) is 4.74 Å². The van der Waals surface area contributed by atoms with Gasteiger partial charge in [0.1, 0.15) is 12.2 Å². The van der Waals surface area contributed by atoms with Crippen LogP contribution in [0.25, 0.3) is 0 Å². The summed E-state index contributed by atoms with van der Waals surface area (Å²) >= 11 is 0. The molecule has 78 valence electrons. The first kappa shape index (κ1) is 9.19. The molecule has 0 aromatic carbocycles. The third-order valence-corrected chi connectivity index (χ3v) is 4.26. The molecular weight excluding hydrogens is 177 g/mol. The first-order valence-electron chi connectivity index (χ1n) is 5.82. The number of hydrogen-bond donors (Lipinski definition) is 1. The van der Waals surface area contributed by atoms with E-state index in [9.17, 15) is 5.02 Å². The van der Waals surface area contributed by atoms with E-state index < -0.39 is 0 Å². The van der Waals surface area contributed by atoms with Crippen LogP contribution >= 0.6 is 0 Å². The van der Waals surface area contributed by atoms with E-state index in [0.717, 1.165) is 0 Å². The fourth-order valence-corrected chi connectivity index (χ4v) is 3.94. The van der Waals surface area contributed by atoms with Gasteiger partial charge in [-0.05, 0) is 26.1 Å². The summed E-state index contributed by atoms with van der Waals surface area (Å²) in [5.41, 5.74) is 0.193. The van der Waals surface area contributed by atoms with Crippen LogP contribution in [0, 0.1) is 0 Å². The van der Waals surface area contributed by atoms with E-state index >= 15 is 0 Å². The molecule has 0 aromatic heterocycles. The number of nitrogens with zero attached hydrogens (tertiary/aromatic N) is 1. The molecule has 0 saturated carbocycles. The van der Waals surface area contributed by atoms with E-state index in [1.54, 1.807) is 0 Å². The van der Waals surface area contributed by atoms with Crippen LogP contribution in [0.4, 0.5) is 0 Å². The molecule has 3 saturated heterocycles. The zero-order valence-electron chi connectivity index (χ0n) is 8.94. The lowest BCUT2D eigenvalue weighted by molar-refractivity contribution is 0.110. The maximum Gasteiger partial charge on any atom is 0.377 e. The Bertz CT molecular complexity index is 261. The van der Waals surface area contributed by atoms with Crippen molar-refractivity contribution in [3.05, 3.63) is 0 Å². The number of hydrogen-bond acceptors (Lipinski definition) is 3. The lowest BCUT2D eigenvalue weighted by atomic mass is 9.77. The normalized spacial score (nSPS) is 49.5. The Kier molecular flexibility index (Phi) is 1.80. The van der Waals surface area contributed by atoms with Gasteiger partial charge >= 0.3 is 7.05 Å². The maximum atomic E-state index is 9.83. The minimum absolute atomic E-state index is 0.193. The smallest absolute Gasteiger partial charge is 0.377 e. The van der Waals surface area contributed by atoms with Crippen molar-refractivity contribution in [2.24, 2.45) is 0 Å². The Morgan fingerprint density at radius 2 is 2.43 bits per heavy atom. The van der Waals surface area contributed by atoms with Crippen LogP contribution in [0.2, 0.25) is 6.82 Å². The average molecular weight is 195 g/mol. The Labute approximate surface area is 85.6 Å². The lowest BCUT2D eigenvalue weighted by Gasteiger charge is -2.37. The van der Waals surface area contributed by atoms with Gasteiger partial charge in [0.2, 0.25) is 0 Å². The van der Waals surface area contributed by atoms with Gasteiger partial charge in [0.25, 0.3) is 0 Å². The molecule has 0 radical (unpaired) electrons. The summed E-state index contributed by atoms with van der Waals surface area (Å²) in [4.78, 5) is 2.33. The number of morpholine rings is 1. The highest BCUT2D eigenvalue weighted by Gasteiger charge is 2.72. The molecule has 0 amide bonds. The Balaban J connectivity index is 1.91. The maximum absolute atomic E-state index is 9.83. The van der Waals surface area contributed by atoms with Gasteiger partial charge in [0.05, 0.1) is 0 Å². The van der Waals surface area contributed by atoms with E-state index in [1.165, 1.54) is 25.7 Å². The van der Waals surface area contributed by atoms with Gasteiger partial charge in [-0.2, -0.15) is 0 Å². The number of ether oxygens (including phenoxy) is 1. The largest absolute Gasteiger partial charge is 0.437 e. The van der Waals surface area contributed by atoms with Gasteiger partial charge in [-0.1, -0.05) is 13.3 Å². The summed E-state index contributed by atoms with van der Waals surface area (Å²) in [6, 6.07) is 0.506. The highest BCUT2D eigenvalue weighted by Crippen LogP contribution is 2.58. The minimum Gasteiger partial charge on any atom is -0.437 e. The molecule has 1 N–H and O–H groups in total. The molecule has 2 bridgehead atoms. The fraction of sp³-hybridized carbons (Fsp3) is 1.00. The van der Waals surface area contributed by atoms with Crippen LogP contribution in [-0.4, -0.2) is 40.7 Å². The van der Waals surface area contributed by atoms with Gasteiger partial charge < -0.3 is 14.6 Å². The fourth-order valence-electron chi connectivity index (χ4n) is 3.94. The molecule has 4 heteroatoms. The summed E-state index contributed by atoms with van der Waals surface area (Å²) in [5, 5.41) is 9.83. The third kappa shape index (κ3) is 0.897. The summed E-state index contributed by atoms with van der Waals surface area (Å²) in [7, 11) is -0.301. The van der Waals surface area contributed by atoms with Crippen LogP contribution in [0.15, 0.2) is 0 Å². The van der Waals surface area contributed by atoms with E-state index in [4.69, 9.17) is 4.74 Å². The highest BCUT2D eigenvalue weighted by atomic mass is 16.6. The predicted molar refractivity (Wildman–Crippen MR) is 55.0 cm³/mol. The quantitative estimate of drug-likeness (QED) is 0.536. The van der Waals surface area contributed by atoms with Crippen molar-refractivity contribution >= 4 is 7.05 Å².